The van der Waals surface area contributed by atoms with Gasteiger partial charge in [-0.25, -0.2) is 4.79 Å². The summed E-state index contributed by atoms with van der Waals surface area (Å²) in [5, 5.41) is 8.77. The second-order valence-electron chi connectivity index (χ2n) is 4.11. The van der Waals surface area contributed by atoms with E-state index in [0.717, 1.165) is 12.1 Å². The number of pyridine rings is 1. The molecule has 5 nitrogen and oxygen atoms in total. The Balaban J connectivity index is 1.80. The number of ether oxygens (including phenoxy) is 2. The van der Waals surface area contributed by atoms with E-state index in [1.807, 2.05) is 19.1 Å². The first kappa shape index (κ1) is 11.9. The molecule has 0 amide bonds. The van der Waals surface area contributed by atoms with Gasteiger partial charge in [-0.2, -0.15) is 0 Å². The van der Waals surface area contributed by atoms with E-state index < -0.39 is 12.1 Å². The third kappa shape index (κ3) is 3.17. The molecule has 2 heterocycles. The van der Waals surface area contributed by atoms with Gasteiger partial charge in [-0.3, -0.25) is 4.98 Å². The highest BCUT2D eigenvalue weighted by atomic mass is 16.6. The van der Waals surface area contributed by atoms with Crippen LogP contribution in [0.25, 0.3) is 0 Å². The molecule has 17 heavy (non-hydrogen) atoms. The van der Waals surface area contributed by atoms with Gasteiger partial charge in [-0.1, -0.05) is 0 Å². The SMILES string of the molecule is Cc1ccc(OCC2CCC(C(=O)O)O2)cn1. The number of hydrogen-bond donors (Lipinski definition) is 1. The van der Waals surface area contributed by atoms with E-state index in [4.69, 9.17) is 14.6 Å². The van der Waals surface area contributed by atoms with Gasteiger partial charge in [0.15, 0.2) is 6.10 Å². The molecule has 1 aliphatic heterocycles. The zero-order chi connectivity index (χ0) is 12.3. The number of rotatable bonds is 4. The van der Waals surface area contributed by atoms with Crippen LogP contribution in [0.2, 0.25) is 0 Å². The number of carboxylic acid groups (broad SMARTS) is 1. The van der Waals surface area contributed by atoms with Crippen LogP contribution >= 0.6 is 0 Å². The molecule has 5 heteroatoms. The van der Waals surface area contributed by atoms with Crippen molar-refractivity contribution < 1.29 is 19.4 Å². The van der Waals surface area contributed by atoms with Gasteiger partial charge in [0, 0.05) is 5.69 Å². The van der Waals surface area contributed by atoms with Crippen LogP contribution in [0.5, 0.6) is 5.75 Å². The molecule has 0 bridgehead atoms. The van der Waals surface area contributed by atoms with Crippen LogP contribution in [0.3, 0.4) is 0 Å². The molecule has 1 aromatic heterocycles. The van der Waals surface area contributed by atoms with Crippen LogP contribution in [-0.4, -0.2) is 34.9 Å². The molecule has 0 aliphatic carbocycles. The van der Waals surface area contributed by atoms with E-state index in [0.29, 0.717) is 18.8 Å². The fourth-order valence-electron chi connectivity index (χ4n) is 1.74. The van der Waals surface area contributed by atoms with Gasteiger partial charge in [0.05, 0.1) is 12.3 Å². The van der Waals surface area contributed by atoms with Crippen molar-refractivity contribution in [2.45, 2.75) is 32.0 Å². The molecule has 2 atom stereocenters. The van der Waals surface area contributed by atoms with Gasteiger partial charge in [-0.15, -0.1) is 0 Å². The highest BCUT2D eigenvalue weighted by molar-refractivity contribution is 5.72. The Morgan fingerprint density at radius 2 is 2.41 bits per heavy atom. The third-order valence-electron chi connectivity index (χ3n) is 2.70. The van der Waals surface area contributed by atoms with Gasteiger partial charge in [0.1, 0.15) is 12.4 Å². The van der Waals surface area contributed by atoms with Gasteiger partial charge >= 0.3 is 5.97 Å². The van der Waals surface area contributed by atoms with Crippen molar-refractivity contribution in [3.63, 3.8) is 0 Å². The Morgan fingerprint density at radius 1 is 1.59 bits per heavy atom. The van der Waals surface area contributed by atoms with Crippen molar-refractivity contribution in [2.24, 2.45) is 0 Å². The average Bonchev–Trinajstić information content (AvgIpc) is 2.77. The first-order valence-electron chi connectivity index (χ1n) is 5.59. The number of nitrogens with zero attached hydrogens (tertiary/aromatic N) is 1. The molecule has 0 saturated carbocycles. The Morgan fingerprint density at radius 3 is 3.00 bits per heavy atom. The molecule has 1 aliphatic rings. The number of aryl methyl sites for hydroxylation is 1. The van der Waals surface area contributed by atoms with Gasteiger partial charge < -0.3 is 14.6 Å². The predicted octanol–water partition coefficient (Wildman–Crippen LogP) is 1.40. The minimum Gasteiger partial charge on any atom is -0.489 e. The molecular weight excluding hydrogens is 222 g/mol. The fourth-order valence-corrected chi connectivity index (χ4v) is 1.74. The molecule has 1 saturated heterocycles. The monoisotopic (exact) mass is 237 g/mol. The lowest BCUT2D eigenvalue weighted by Gasteiger charge is -2.12. The van der Waals surface area contributed by atoms with E-state index in [1.54, 1.807) is 6.20 Å². The normalized spacial score (nSPS) is 23.6. The average molecular weight is 237 g/mol. The first-order chi connectivity index (χ1) is 8.15. The van der Waals surface area contributed by atoms with Crippen molar-refractivity contribution in [3.05, 3.63) is 24.0 Å². The largest absolute Gasteiger partial charge is 0.489 e. The minimum absolute atomic E-state index is 0.141. The van der Waals surface area contributed by atoms with Crippen LogP contribution in [0.1, 0.15) is 18.5 Å². The second kappa shape index (κ2) is 5.14. The molecule has 0 aromatic carbocycles. The molecule has 2 unspecified atom stereocenters. The minimum atomic E-state index is -0.899. The Bertz CT molecular complexity index is 390. The van der Waals surface area contributed by atoms with E-state index in [-0.39, 0.29) is 6.10 Å². The molecular formula is C12H15NO4. The summed E-state index contributed by atoms with van der Waals surface area (Å²) < 4.78 is 10.8. The quantitative estimate of drug-likeness (QED) is 0.857. The van der Waals surface area contributed by atoms with Crippen LogP contribution in [0.4, 0.5) is 0 Å². The highest BCUT2D eigenvalue weighted by Crippen LogP contribution is 2.21. The van der Waals surface area contributed by atoms with Gasteiger partial charge in [0.2, 0.25) is 0 Å². The summed E-state index contributed by atoms with van der Waals surface area (Å²) in [6.07, 6.45) is 2.10. The van der Waals surface area contributed by atoms with E-state index in [2.05, 4.69) is 4.98 Å². The van der Waals surface area contributed by atoms with E-state index in [9.17, 15) is 4.79 Å². The summed E-state index contributed by atoms with van der Waals surface area (Å²) in [5.41, 5.74) is 0.931. The standard InChI is InChI=1S/C12H15NO4/c1-8-2-3-9(6-13-8)16-7-10-4-5-11(17-10)12(14)15/h2-3,6,10-11H,4-5,7H2,1H3,(H,14,15). The summed E-state index contributed by atoms with van der Waals surface area (Å²) in [7, 11) is 0. The number of carboxylic acids is 1. The highest BCUT2D eigenvalue weighted by Gasteiger charge is 2.30. The molecule has 1 N–H and O–H groups in total. The maximum absolute atomic E-state index is 10.7. The summed E-state index contributed by atoms with van der Waals surface area (Å²) >= 11 is 0. The topological polar surface area (TPSA) is 68.7 Å². The van der Waals surface area contributed by atoms with Crippen LogP contribution in [-0.2, 0) is 9.53 Å². The Hall–Kier alpha value is -1.62. The third-order valence-corrected chi connectivity index (χ3v) is 2.70. The summed E-state index contributed by atoms with van der Waals surface area (Å²) in [6, 6.07) is 3.71. The molecule has 1 aromatic rings. The Labute approximate surface area is 99.4 Å². The van der Waals surface area contributed by atoms with Gasteiger partial charge in [-0.05, 0) is 31.9 Å². The number of hydrogen-bond acceptors (Lipinski definition) is 4. The second-order valence-corrected chi connectivity index (χ2v) is 4.11. The summed E-state index contributed by atoms with van der Waals surface area (Å²) in [5.74, 6) is -0.220. The maximum atomic E-state index is 10.7. The van der Waals surface area contributed by atoms with Crippen molar-refractivity contribution >= 4 is 5.97 Å². The lowest BCUT2D eigenvalue weighted by atomic mass is 10.2. The van der Waals surface area contributed by atoms with Crippen LogP contribution < -0.4 is 4.74 Å². The molecule has 0 spiro atoms. The van der Waals surface area contributed by atoms with Crippen molar-refractivity contribution in [2.75, 3.05) is 6.61 Å². The van der Waals surface area contributed by atoms with Crippen LogP contribution in [0, 0.1) is 6.92 Å². The molecule has 1 fully saturated rings. The zero-order valence-corrected chi connectivity index (χ0v) is 9.63. The number of carbonyl (C=O) groups is 1. The van der Waals surface area contributed by atoms with Crippen LogP contribution in [0.15, 0.2) is 18.3 Å². The lowest BCUT2D eigenvalue weighted by Crippen LogP contribution is -2.23. The van der Waals surface area contributed by atoms with Crippen molar-refractivity contribution in [3.8, 4) is 5.75 Å². The smallest absolute Gasteiger partial charge is 0.332 e. The maximum Gasteiger partial charge on any atom is 0.332 e. The molecule has 92 valence electrons. The van der Waals surface area contributed by atoms with E-state index in [1.165, 1.54) is 0 Å². The zero-order valence-electron chi connectivity index (χ0n) is 9.63. The predicted molar refractivity (Wildman–Crippen MR) is 60.0 cm³/mol. The summed E-state index contributed by atoms with van der Waals surface area (Å²) in [4.78, 5) is 14.8. The van der Waals surface area contributed by atoms with Crippen molar-refractivity contribution in [1.29, 1.82) is 0 Å². The Kier molecular flexibility index (Phi) is 3.58. The first-order valence-corrected chi connectivity index (χ1v) is 5.59. The lowest BCUT2D eigenvalue weighted by molar-refractivity contribution is -0.149. The van der Waals surface area contributed by atoms with E-state index >= 15 is 0 Å². The number of aliphatic carboxylic acids is 1. The molecule has 2 rings (SSSR count). The number of aromatic nitrogens is 1. The van der Waals surface area contributed by atoms with Gasteiger partial charge in [0.25, 0.3) is 0 Å². The summed E-state index contributed by atoms with van der Waals surface area (Å²) in [6.45, 7) is 2.27. The fraction of sp³-hybridized carbons (Fsp3) is 0.500. The van der Waals surface area contributed by atoms with Crippen molar-refractivity contribution in [1.82, 2.24) is 4.98 Å². The molecule has 0 radical (unpaired) electrons.